The number of likely N-dealkylation sites (N-methyl/N-ethyl adjacent to an activating group) is 1. The predicted octanol–water partition coefficient (Wildman–Crippen LogP) is 0.627. The first-order valence-corrected chi connectivity index (χ1v) is 9.01. The highest BCUT2D eigenvalue weighted by Crippen LogP contribution is 1.99. The molecular formula is C17H34N2O5. The van der Waals surface area contributed by atoms with Gasteiger partial charge >= 0.3 is 0 Å². The van der Waals surface area contributed by atoms with E-state index in [0.29, 0.717) is 39.6 Å². The first kappa shape index (κ1) is 21.3. The quantitative estimate of drug-likeness (QED) is 0.430. The molecule has 0 spiro atoms. The van der Waals surface area contributed by atoms with Crippen molar-refractivity contribution >= 4 is 5.91 Å². The molecule has 1 rings (SSSR count). The first-order valence-electron chi connectivity index (χ1n) is 9.01. The Morgan fingerprint density at radius 3 is 1.83 bits per heavy atom. The Morgan fingerprint density at radius 2 is 1.29 bits per heavy atom. The molecule has 1 amide bonds. The molecule has 1 heterocycles. The molecule has 1 aliphatic heterocycles. The van der Waals surface area contributed by atoms with Crippen molar-refractivity contribution in [3.05, 3.63) is 0 Å². The summed E-state index contributed by atoms with van der Waals surface area (Å²) in [6.45, 7) is 9.75. The topological polar surface area (TPSA) is 60.5 Å². The average molecular weight is 346 g/mol. The molecule has 0 aromatic carbocycles. The van der Waals surface area contributed by atoms with Gasteiger partial charge in [-0.2, -0.15) is 0 Å². The number of carbonyl (C=O) groups excluding carboxylic acids is 1. The minimum atomic E-state index is 0.0644. The van der Waals surface area contributed by atoms with Gasteiger partial charge in [-0.3, -0.25) is 4.79 Å². The number of hydrogen-bond donors (Lipinski definition) is 0. The second kappa shape index (κ2) is 14.6. The van der Waals surface area contributed by atoms with Crippen LogP contribution in [0.1, 0.15) is 19.8 Å². The van der Waals surface area contributed by atoms with Gasteiger partial charge in [0.1, 0.15) is 6.61 Å². The van der Waals surface area contributed by atoms with Crippen LogP contribution in [-0.4, -0.2) is 102 Å². The summed E-state index contributed by atoms with van der Waals surface area (Å²) in [7, 11) is 2.07. The Balaban J connectivity index is 1.79. The minimum Gasteiger partial charge on any atom is -0.379 e. The molecule has 1 saturated heterocycles. The zero-order valence-electron chi connectivity index (χ0n) is 15.3. The van der Waals surface area contributed by atoms with Crippen molar-refractivity contribution in [3.63, 3.8) is 0 Å². The predicted molar refractivity (Wildman–Crippen MR) is 92.3 cm³/mol. The number of ether oxygens (including phenoxy) is 4. The van der Waals surface area contributed by atoms with Crippen molar-refractivity contribution in [1.29, 1.82) is 0 Å². The average Bonchev–Trinajstić information content (AvgIpc) is 2.59. The van der Waals surface area contributed by atoms with E-state index < -0.39 is 0 Å². The van der Waals surface area contributed by atoms with Crippen molar-refractivity contribution in [2.45, 2.75) is 19.8 Å². The van der Waals surface area contributed by atoms with Gasteiger partial charge in [0.15, 0.2) is 0 Å². The van der Waals surface area contributed by atoms with Gasteiger partial charge in [0.2, 0.25) is 5.91 Å². The van der Waals surface area contributed by atoms with Crippen LogP contribution in [0.3, 0.4) is 0 Å². The summed E-state index contributed by atoms with van der Waals surface area (Å²) >= 11 is 0. The van der Waals surface area contributed by atoms with Gasteiger partial charge < -0.3 is 28.7 Å². The summed E-state index contributed by atoms with van der Waals surface area (Å²) in [4.78, 5) is 16.0. The van der Waals surface area contributed by atoms with Crippen LogP contribution in [0.25, 0.3) is 0 Å². The molecular weight excluding hydrogens is 312 g/mol. The monoisotopic (exact) mass is 346 g/mol. The summed E-state index contributed by atoms with van der Waals surface area (Å²) in [5, 5.41) is 0. The van der Waals surface area contributed by atoms with E-state index in [4.69, 9.17) is 18.9 Å². The van der Waals surface area contributed by atoms with Crippen molar-refractivity contribution < 1.29 is 23.7 Å². The second-order valence-corrected chi connectivity index (χ2v) is 5.93. The smallest absolute Gasteiger partial charge is 0.248 e. The number of carbonyl (C=O) groups is 1. The van der Waals surface area contributed by atoms with Crippen LogP contribution in [0.15, 0.2) is 0 Å². The molecule has 24 heavy (non-hydrogen) atoms. The third-order valence-electron chi connectivity index (χ3n) is 3.84. The van der Waals surface area contributed by atoms with Crippen molar-refractivity contribution in [2.75, 3.05) is 86.1 Å². The van der Waals surface area contributed by atoms with E-state index in [-0.39, 0.29) is 12.5 Å². The van der Waals surface area contributed by atoms with Crippen molar-refractivity contribution in [1.82, 2.24) is 9.80 Å². The summed E-state index contributed by atoms with van der Waals surface area (Å²) in [5.74, 6) is 0.0644. The summed E-state index contributed by atoms with van der Waals surface area (Å²) in [6, 6.07) is 0. The molecule has 7 nitrogen and oxygen atoms in total. The third kappa shape index (κ3) is 10.9. The van der Waals surface area contributed by atoms with Crippen LogP contribution < -0.4 is 0 Å². The van der Waals surface area contributed by atoms with Crippen LogP contribution in [-0.2, 0) is 23.7 Å². The van der Waals surface area contributed by atoms with E-state index in [2.05, 4.69) is 18.9 Å². The van der Waals surface area contributed by atoms with Gasteiger partial charge in [-0.25, -0.2) is 0 Å². The number of nitrogens with zero attached hydrogens (tertiary/aromatic N) is 2. The second-order valence-electron chi connectivity index (χ2n) is 5.93. The van der Waals surface area contributed by atoms with E-state index in [0.717, 1.165) is 45.6 Å². The molecule has 0 aromatic heterocycles. The standard InChI is InChI=1S/C17H34N2O5/c1-3-4-9-21-10-11-22-12-13-23-14-15-24-16-17(20)19-7-5-18(2)6-8-19/h3-16H2,1-2H3. The molecule has 0 bridgehead atoms. The fourth-order valence-electron chi connectivity index (χ4n) is 2.21. The molecule has 0 atom stereocenters. The maximum atomic E-state index is 11.9. The number of amides is 1. The summed E-state index contributed by atoms with van der Waals surface area (Å²) < 4.78 is 21.5. The van der Waals surface area contributed by atoms with Gasteiger partial charge in [0.05, 0.1) is 39.6 Å². The van der Waals surface area contributed by atoms with E-state index in [9.17, 15) is 4.79 Å². The van der Waals surface area contributed by atoms with Crippen LogP contribution in [0.2, 0.25) is 0 Å². The normalized spacial score (nSPS) is 15.8. The van der Waals surface area contributed by atoms with Crippen molar-refractivity contribution in [2.24, 2.45) is 0 Å². The minimum absolute atomic E-state index is 0.0644. The Hall–Kier alpha value is -0.730. The van der Waals surface area contributed by atoms with Crippen LogP contribution in [0.5, 0.6) is 0 Å². The maximum absolute atomic E-state index is 11.9. The molecule has 142 valence electrons. The largest absolute Gasteiger partial charge is 0.379 e. The Bertz CT molecular complexity index is 309. The maximum Gasteiger partial charge on any atom is 0.248 e. The van der Waals surface area contributed by atoms with Crippen molar-refractivity contribution in [3.8, 4) is 0 Å². The van der Waals surface area contributed by atoms with E-state index in [1.54, 1.807) is 0 Å². The lowest BCUT2D eigenvalue weighted by molar-refractivity contribution is -0.138. The van der Waals surface area contributed by atoms with Crippen LogP contribution in [0, 0.1) is 0 Å². The molecule has 0 N–H and O–H groups in total. The summed E-state index contributed by atoms with van der Waals surface area (Å²) in [5.41, 5.74) is 0. The van der Waals surface area contributed by atoms with E-state index in [1.807, 2.05) is 4.90 Å². The zero-order chi connectivity index (χ0) is 17.5. The van der Waals surface area contributed by atoms with Gasteiger partial charge in [-0.15, -0.1) is 0 Å². The number of piperazine rings is 1. The fraction of sp³-hybridized carbons (Fsp3) is 0.941. The highest BCUT2D eigenvalue weighted by molar-refractivity contribution is 5.77. The Labute approximate surface area is 146 Å². The van der Waals surface area contributed by atoms with Gasteiger partial charge in [0.25, 0.3) is 0 Å². The Morgan fingerprint density at radius 1 is 0.792 bits per heavy atom. The lowest BCUT2D eigenvalue weighted by Crippen LogP contribution is -2.48. The molecule has 0 saturated carbocycles. The van der Waals surface area contributed by atoms with Gasteiger partial charge in [0, 0.05) is 32.8 Å². The molecule has 0 aliphatic carbocycles. The fourth-order valence-corrected chi connectivity index (χ4v) is 2.21. The molecule has 1 aliphatic rings. The zero-order valence-corrected chi connectivity index (χ0v) is 15.3. The highest BCUT2D eigenvalue weighted by atomic mass is 16.6. The number of rotatable bonds is 14. The molecule has 0 unspecified atom stereocenters. The highest BCUT2D eigenvalue weighted by Gasteiger charge is 2.18. The lowest BCUT2D eigenvalue weighted by atomic mass is 10.3. The van der Waals surface area contributed by atoms with Crippen LogP contribution in [0.4, 0.5) is 0 Å². The van der Waals surface area contributed by atoms with Gasteiger partial charge in [-0.05, 0) is 13.5 Å². The molecule has 1 fully saturated rings. The van der Waals surface area contributed by atoms with Gasteiger partial charge in [-0.1, -0.05) is 13.3 Å². The molecule has 0 radical (unpaired) electrons. The van der Waals surface area contributed by atoms with E-state index >= 15 is 0 Å². The first-order chi connectivity index (χ1) is 11.7. The van der Waals surface area contributed by atoms with Crippen LogP contribution >= 0.6 is 0 Å². The van der Waals surface area contributed by atoms with E-state index in [1.165, 1.54) is 0 Å². The third-order valence-corrected chi connectivity index (χ3v) is 3.84. The number of hydrogen-bond acceptors (Lipinski definition) is 6. The Kier molecular flexibility index (Phi) is 13.0. The molecule has 7 heteroatoms. The summed E-state index contributed by atoms with van der Waals surface area (Å²) in [6.07, 6.45) is 2.25. The lowest BCUT2D eigenvalue weighted by Gasteiger charge is -2.32. The molecule has 0 aromatic rings. The SMILES string of the molecule is CCCCOCCOCCOCCOCC(=O)N1CCN(C)CC1. The number of unbranched alkanes of at least 4 members (excludes halogenated alkanes) is 1.